The number of oxazole rings is 1. The Kier molecular flexibility index (Phi) is 6.21. The molecule has 0 aliphatic heterocycles. The smallest absolute Gasteiger partial charge is 0.301 e. The highest BCUT2D eigenvalue weighted by Crippen LogP contribution is 2.45. The van der Waals surface area contributed by atoms with Gasteiger partial charge in [0.1, 0.15) is 23.7 Å². The van der Waals surface area contributed by atoms with Crippen LogP contribution in [0.5, 0.6) is 5.75 Å². The van der Waals surface area contributed by atoms with E-state index in [4.69, 9.17) is 20.8 Å². The van der Waals surface area contributed by atoms with E-state index < -0.39 is 7.14 Å². The predicted molar refractivity (Wildman–Crippen MR) is 123 cm³/mol. The van der Waals surface area contributed by atoms with Gasteiger partial charge < -0.3 is 19.0 Å². The molecule has 10 heteroatoms. The monoisotopic (exact) mass is 461 g/mol. The fourth-order valence-corrected chi connectivity index (χ4v) is 5.28. The van der Waals surface area contributed by atoms with Crippen LogP contribution in [0.3, 0.4) is 0 Å². The van der Waals surface area contributed by atoms with Crippen LogP contribution in [0.15, 0.2) is 35.0 Å². The molecule has 1 aliphatic rings. The summed E-state index contributed by atoms with van der Waals surface area (Å²) < 4.78 is 24.3. The van der Waals surface area contributed by atoms with Crippen molar-refractivity contribution in [2.45, 2.75) is 32.6 Å². The lowest BCUT2D eigenvalue weighted by Crippen LogP contribution is -2.10. The zero-order chi connectivity index (χ0) is 22.0. The Morgan fingerprint density at radius 2 is 1.97 bits per heavy atom. The van der Waals surface area contributed by atoms with Gasteiger partial charge in [0.2, 0.25) is 5.95 Å². The normalized spacial score (nSPS) is 13.8. The molecular weight excluding hydrogens is 437 g/mol. The van der Waals surface area contributed by atoms with Crippen molar-refractivity contribution in [3.63, 3.8) is 0 Å². The van der Waals surface area contributed by atoms with Crippen molar-refractivity contribution in [1.82, 2.24) is 15.0 Å². The maximum atomic E-state index is 13.1. The number of nitrogens with zero attached hydrogens (tertiary/aromatic N) is 3. The number of hydrogen-bond donors (Lipinski definition) is 2. The van der Waals surface area contributed by atoms with Crippen LogP contribution < -0.4 is 20.7 Å². The number of methoxy groups -OCH3 is 1. The molecule has 1 aromatic carbocycles. The molecule has 164 valence electrons. The van der Waals surface area contributed by atoms with Gasteiger partial charge in [-0.05, 0) is 31.0 Å². The van der Waals surface area contributed by atoms with Gasteiger partial charge in [0.15, 0.2) is 5.82 Å². The van der Waals surface area contributed by atoms with E-state index in [2.05, 4.69) is 25.6 Å². The van der Waals surface area contributed by atoms with Gasteiger partial charge >= 0.3 is 6.01 Å². The number of ether oxygens (including phenoxy) is 1. The number of nitrogens with one attached hydrogen (secondary N) is 2. The Labute approximate surface area is 186 Å². The first-order valence-corrected chi connectivity index (χ1v) is 12.7. The summed E-state index contributed by atoms with van der Waals surface area (Å²) in [4.78, 5) is 12.9. The van der Waals surface area contributed by atoms with Gasteiger partial charge in [-0.3, -0.25) is 5.32 Å². The standard InChI is InChI=1S/C21H25ClN5O3P/c1-4-31(28,5-2)14-8-9-16(17(10-14)29-3)25-19-15(22)11-23-20(26-19)27-21-24-12-18(30-21)13-6-7-13/h8-13H,4-7H2,1-3H3,(H2,23,24,25,26,27). The van der Waals surface area contributed by atoms with Gasteiger partial charge in [0.05, 0.1) is 25.2 Å². The Bertz CT molecular complexity index is 1120. The van der Waals surface area contributed by atoms with Crippen molar-refractivity contribution >= 4 is 47.5 Å². The lowest BCUT2D eigenvalue weighted by molar-refractivity contribution is 0.417. The third-order valence-corrected chi connectivity index (χ3v) is 8.94. The second-order valence-corrected chi connectivity index (χ2v) is 11.4. The minimum Gasteiger partial charge on any atom is -0.495 e. The molecule has 0 radical (unpaired) electrons. The van der Waals surface area contributed by atoms with E-state index in [0.717, 1.165) is 23.9 Å². The molecule has 2 aromatic heterocycles. The molecule has 0 bridgehead atoms. The molecule has 0 amide bonds. The fourth-order valence-electron chi connectivity index (χ4n) is 3.26. The molecule has 1 fully saturated rings. The van der Waals surface area contributed by atoms with Crippen LogP contribution in [-0.2, 0) is 4.57 Å². The maximum absolute atomic E-state index is 13.1. The fraction of sp³-hybridized carbons (Fsp3) is 0.381. The molecule has 0 unspecified atom stereocenters. The van der Waals surface area contributed by atoms with Gasteiger partial charge in [-0.25, -0.2) is 9.97 Å². The summed E-state index contributed by atoms with van der Waals surface area (Å²) in [7, 11) is -0.849. The van der Waals surface area contributed by atoms with Crippen LogP contribution in [-0.4, -0.2) is 34.4 Å². The molecule has 1 aliphatic carbocycles. The molecular formula is C21H25ClN5O3P. The topological polar surface area (TPSA) is 102 Å². The molecule has 3 aromatic rings. The van der Waals surface area contributed by atoms with Crippen molar-refractivity contribution in [2.24, 2.45) is 0 Å². The molecule has 0 atom stereocenters. The molecule has 2 heterocycles. The minimum atomic E-state index is -2.42. The molecule has 4 rings (SSSR count). The van der Waals surface area contributed by atoms with E-state index in [1.54, 1.807) is 13.3 Å². The predicted octanol–water partition coefficient (Wildman–Crippen LogP) is 5.52. The summed E-state index contributed by atoms with van der Waals surface area (Å²) >= 11 is 6.31. The molecule has 31 heavy (non-hydrogen) atoms. The van der Waals surface area contributed by atoms with Crippen LogP contribution in [0.2, 0.25) is 5.02 Å². The first-order chi connectivity index (χ1) is 15.0. The third-order valence-electron chi connectivity index (χ3n) is 5.40. The van der Waals surface area contributed by atoms with Crippen LogP contribution in [0.1, 0.15) is 38.4 Å². The van der Waals surface area contributed by atoms with E-state index >= 15 is 0 Å². The highest BCUT2D eigenvalue weighted by atomic mass is 35.5. The Balaban J connectivity index is 1.56. The summed E-state index contributed by atoms with van der Waals surface area (Å²) in [5.41, 5.74) is 0.656. The summed E-state index contributed by atoms with van der Waals surface area (Å²) in [6, 6.07) is 5.84. The number of benzene rings is 1. The minimum absolute atomic E-state index is 0.299. The van der Waals surface area contributed by atoms with Crippen molar-refractivity contribution in [3.05, 3.63) is 41.4 Å². The molecule has 1 saturated carbocycles. The summed E-state index contributed by atoms with van der Waals surface area (Å²) in [5.74, 6) is 2.60. The first kappa shape index (κ1) is 21.7. The number of rotatable bonds is 9. The zero-order valence-corrected chi connectivity index (χ0v) is 19.3. The van der Waals surface area contributed by atoms with Crippen LogP contribution in [0, 0.1) is 0 Å². The van der Waals surface area contributed by atoms with E-state index in [1.807, 2.05) is 32.0 Å². The summed E-state index contributed by atoms with van der Waals surface area (Å²) in [6.45, 7) is 3.89. The first-order valence-electron chi connectivity index (χ1n) is 10.2. The van der Waals surface area contributed by atoms with E-state index in [-0.39, 0.29) is 0 Å². The van der Waals surface area contributed by atoms with Gasteiger partial charge in [0, 0.05) is 23.5 Å². The van der Waals surface area contributed by atoms with Gasteiger partial charge in [-0.15, -0.1) is 0 Å². The molecule has 2 N–H and O–H groups in total. The Hall–Kier alpha value is -2.57. The van der Waals surface area contributed by atoms with Crippen molar-refractivity contribution < 1.29 is 13.7 Å². The maximum Gasteiger partial charge on any atom is 0.301 e. The van der Waals surface area contributed by atoms with Crippen LogP contribution in [0.4, 0.5) is 23.5 Å². The van der Waals surface area contributed by atoms with Crippen LogP contribution >= 0.6 is 18.7 Å². The number of anilines is 4. The largest absolute Gasteiger partial charge is 0.495 e. The van der Waals surface area contributed by atoms with Gasteiger partial charge in [0.25, 0.3) is 0 Å². The third kappa shape index (κ3) is 4.70. The van der Waals surface area contributed by atoms with E-state index in [9.17, 15) is 4.57 Å². The Morgan fingerprint density at radius 1 is 1.19 bits per heavy atom. The highest BCUT2D eigenvalue weighted by molar-refractivity contribution is 7.71. The SMILES string of the molecule is CCP(=O)(CC)c1ccc(Nc2nc(Nc3ncc(C4CC4)o3)ncc2Cl)c(OC)c1. The average Bonchev–Trinajstić information content (AvgIpc) is 3.54. The number of aromatic nitrogens is 3. The van der Waals surface area contributed by atoms with Gasteiger partial charge in [-0.2, -0.15) is 4.98 Å². The molecule has 0 spiro atoms. The van der Waals surface area contributed by atoms with Crippen molar-refractivity contribution in [2.75, 3.05) is 30.1 Å². The van der Waals surface area contributed by atoms with Crippen LogP contribution in [0.25, 0.3) is 0 Å². The number of hydrogen-bond acceptors (Lipinski definition) is 8. The number of halogens is 1. The Morgan fingerprint density at radius 3 is 2.65 bits per heavy atom. The molecule has 0 saturated heterocycles. The quantitative estimate of drug-likeness (QED) is 0.401. The highest BCUT2D eigenvalue weighted by Gasteiger charge is 2.27. The molecule has 8 nitrogen and oxygen atoms in total. The van der Waals surface area contributed by atoms with E-state index in [0.29, 0.717) is 52.5 Å². The second kappa shape index (κ2) is 8.89. The zero-order valence-electron chi connectivity index (χ0n) is 17.7. The lowest BCUT2D eigenvalue weighted by atomic mass is 10.3. The second-order valence-electron chi connectivity index (χ2n) is 7.39. The summed E-state index contributed by atoms with van der Waals surface area (Å²) in [5, 5.41) is 7.28. The lowest BCUT2D eigenvalue weighted by Gasteiger charge is -2.18. The van der Waals surface area contributed by atoms with Crippen molar-refractivity contribution in [3.8, 4) is 5.75 Å². The summed E-state index contributed by atoms with van der Waals surface area (Å²) in [6.07, 6.45) is 6.70. The average molecular weight is 462 g/mol. The van der Waals surface area contributed by atoms with Gasteiger partial charge in [-0.1, -0.05) is 25.4 Å². The van der Waals surface area contributed by atoms with E-state index in [1.165, 1.54) is 6.20 Å². The van der Waals surface area contributed by atoms with Crippen molar-refractivity contribution in [1.29, 1.82) is 0 Å².